The number of oxime groups is 1. The van der Waals surface area contributed by atoms with E-state index in [1.54, 1.807) is 11.3 Å². The van der Waals surface area contributed by atoms with Gasteiger partial charge in [-0.15, -0.1) is 11.3 Å². The van der Waals surface area contributed by atoms with E-state index in [9.17, 15) is 0 Å². The van der Waals surface area contributed by atoms with Crippen LogP contribution in [-0.2, 0) is 6.61 Å². The molecule has 1 aromatic heterocycles. The molecule has 5 heteroatoms. The molecule has 0 aliphatic heterocycles. The Morgan fingerprint density at radius 2 is 2.21 bits per heavy atom. The van der Waals surface area contributed by atoms with Crippen molar-refractivity contribution >= 4 is 17.0 Å². The minimum absolute atomic E-state index is 0.420. The van der Waals surface area contributed by atoms with Gasteiger partial charge in [0.05, 0.1) is 16.4 Å². The van der Waals surface area contributed by atoms with Gasteiger partial charge in [0.1, 0.15) is 12.4 Å². The first-order chi connectivity index (χ1) is 9.24. The maximum atomic E-state index is 9.01. The lowest BCUT2D eigenvalue weighted by atomic mass is 10.1. The highest BCUT2D eigenvalue weighted by Gasteiger charge is 2.09. The monoisotopic (exact) mass is 276 g/mol. The molecule has 0 unspecified atom stereocenters. The number of aryl methyl sites for hydroxylation is 1. The number of hydrogen-bond donors (Lipinski definition) is 1. The van der Waals surface area contributed by atoms with E-state index in [-0.39, 0.29) is 0 Å². The molecule has 0 fully saturated rings. The van der Waals surface area contributed by atoms with Gasteiger partial charge in [0.25, 0.3) is 0 Å². The molecule has 0 saturated heterocycles. The Hall–Kier alpha value is -1.88. The highest BCUT2D eigenvalue weighted by molar-refractivity contribution is 7.09. The summed E-state index contributed by atoms with van der Waals surface area (Å²) in [5.74, 6) is 0.711. The fourth-order valence-corrected chi connectivity index (χ4v) is 2.37. The van der Waals surface area contributed by atoms with E-state index in [0.29, 0.717) is 24.5 Å². The second-order valence-corrected chi connectivity index (χ2v) is 5.11. The van der Waals surface area contributed by atoms with Crippen molar-refractivity contribution in [1.82, 2.24) is 4.98 Å². The van der Waals surface area contributed by atoms with E-state index in [2.05, 4.69) is 10.1 Å². The van der Waals surface area contributed by atoms with E-state index in [4.69, 9.17) is 9.94 Å². The Labute approximate surface area is 116 Å². The summed E-state index contributed by atoms with van der Waals surface area (Å²) in [6, 6.07) is 7.56. The summed E-state index contributed by atoms with van der Waals surface area (Å²) in [6.45, 7) is 4.33. The van der Waals surface area contributed by atoms with Crippen LogP contribution >= 0.6 is 11.3 Å². The van der Waals surface area contributed by atoms with Crippen LogP contribution in [-0.4, -0.2) is 15.9 Å². The molecule has 1 heterocycles. The maximum absolute atomic E-state index is 9.01. The minimum Gasteiger partial charge on any atom is -0.487 e. The quantitative estimate of drug-likeness (QED) is 0.515. The lowest BCUT2D eigenvalue weighted by molar-refractivity contribution is 0.299. The number of hydrogen-bond acceptors (Lipinski definition) is 5. The molecule has 0 bridgehead atoms. The SMILES string of the molecule is CCC(=NO)c1ccccc1OCc1csc(C)n1. The zero-order chi connectivity index (χ0) is 13.7. The molecule has 4 nitrogen and oxygen atoms in total. The molecule has 0 aliphatic carbocycles. The Morgan fingerprint density at radius 1 is 1.42 bits per heavy atom. The largest absolute Gasteiger partial charge is 0.487 e. The van der Waals surface area contributed by atoms with Gasteiger partial charge in [0.15, 0.2) is 0 Å². The van der Waals surface area contributed by atoms with Crippen LogP contribution in [0.3, 0.4) is 0 Å². The van der Waals surface area contributed by atoms with Gasteiger partial charge in [0.2, 0.25) is 0 Å². The van der Waals surface area contributed by atoms with Crippen LogP contribution in [0.2, 0.25) is 0 Å². The van der Waals surface area contributed by atoms with Crippen molar-refractivity contribution in [2.24, 2.45) is 5.16 Å². The number of aromatic nitrogens is 1. The predicted octanol–water partition coefficient (Wildman–Crippen LogP) is 3.62. The minimum atomic E-state index is 0.420. The Kier molecular flexibility index (Phi) is 4.52. The van der Waals surface area contributed by atoms with Crippen molar-refractivity contribution in [2.75, 3.05) is 0 Å². The normalized spacial score (nSPS) is 11.6. The number of rotatable bonds is 5. The molecule has 0 amide bonds. The smallest absolute Gasteiger partial charge is 0.131 e. The van der Waals surface area contributed by atoms with Gasteiger partial charge >= 0.3 is 0 Å². The van der Waals surface area contributed by atoms with E-state index in [1.165, 1.54) is 0 Å². The van der Waals surface area contributed by atoms with E-state index in [0.717, 1.165) is 16.3 Å². The third-order valence-corrected chi connectivity index (χ3v) is 3.52. The van der Waals surface area contributed by atoms with Crippen LogP contribution in [0, 0.1) is 6.92 Å². The van der Waals surface area contributed by atoms with Crippen molar-refractivity contribution in [1.29, 1.82) is 0 Å². The molecular weight excluding hydrogens is 260 g/mol. The average molecular weight is 276 g/mol. The van der Waals surface area contributed by atoms with Crippen LogP contribution in [0.4, 0.5) is 0 Å². The maximum Gasteiger partial charge on any atom is 0.131 e. The second-order valence-electron chi connectivity index (χ2n) is 4.04. The molecule has 0 spiro atoms. The van der Waals surface area contributed by atoms with Gasteiger partial charge in [0, 0.05) is 10.9 Å². The molecule has 0 aliphatic rings. The fraction of sp³-hybridized carbons (Fsp3) is 0.286. The first kappa shape index (κ1) is 13.5. The zero-order valence-corrected chi connectivity index (χ0v) is 11.8. The van der Waals surface area contributed by atoms with Gasteiger partial charge in [-0.1, -0.05) is 24.2 Å². The van der Waals surface area contributed by atoms with Crippen molar-refractivity contribution in [2.45, 2.75) is 26.9 Å². The molecule has 2 aromatic rings. The number of nitrogens with zero attached hydrogens (tertiary/aromatic N) is 2. The third-order valence-electron chi connectivity index (χ3n) is 2.70. The lowest BCUT2D eigenvalue weighted by Gasteiger charge is -2.10. The molecule has 100 valence electrons. The average Bonchev–Trinajstić information content (AvgIpc) is 2.85. The van der Waals surface area contributed by atoms with Crippen molar-refractivity contribution < 1.29 is 9.94 Å². The Balaban J connectivity index is 2.16. The van der Waals surface area contributed by atoms with Crippen molar-refractivity contribution in [3.8, 4) is 5.75 Å². The molecule has 19 heavy (non-hydrogen) atoms. The zero-order valence-electron chi connectivity index (χ0n) is 11.0. The van der Waals surface area contributed by atoms with E-state index in [1.807, 2.05) is 43.5 Å². The van der Waals surface area contributed by atoms with Crippen molar-refractivity contribution in [3.05, 3.63) is 45.9 Å². The van der Waals surface area contributed by atoms with Crippen LogP contribution < -0.4 is 4.74 Å². The van der Waals surface area contributed by atoms with Crippen LogP contribution in [0.25, 0.3) is 0 Å². The molecule has 0 saturated carbocycles. The van der Waals surface area contributed by atoms with Gasteiger partial charge < -0.3 is 9.94 Å². The van der Waals surface area contributed by atoms with E-state index >= 15 is 0 Å². The lowest BCUT2D eigenvalue weighted by Crippen LogP contribution is -2.04. The molecule has 1 aromatic carbocycles. The molecular formula is C14H16N2O2S. The summed E-state index contributed by atoms with van der Waals surface area (Å²) < 4.78 is 5.77. The molecule has 1 N–H and O–H groups in total. The third kappa shape index (κ3) is 3.32. The van der Waals surface area contributed by atoms with Gasteiger partial charge in [-0.3, -0.25) is 0 Å². The van der Waals surface area contributed by atoms with Crippen LogP contribution in [0.15, 0.2) is 34.8 Å². The highest BCUT2D eigenvalue weighted by atomic mass is 32.1. The summed E-state index contributed by atoms with van der Waals surface area (Å²) in [6.07, 6.45) is 0.646. The van der Waals surface area contributed by atoms with Crippen LogP contribution in [0.1, 0.15) is 29.6 Å². The van der Waals surface area contributed by atoms with Crippen molar-refractivity contribution in [3.63, 3.8) is 0 Å². The molecule has 0 radical (unpaired) electrons. The number of ether oxygens (including phenoxy) is 1. The summed E-state index contributed by atoms with van der Waals surface area (Å²) in [7, 11) is 0. The van der Waals surface area contributed by atoms with Gasteiger partial charge in [-0.25, -0.2) is 4.98 Å². The highest BCUT2D eigenvalue weighted by Crippen LogP contribution is 2.21. The summed E-state index contributed by atoms with van der Waals surface area (Å²) in [5.41, 5.74) is 2.35. The Morgan fingerprint density at radius 3 is 2.84 bits per heavy atom. The number of benzene rings is 1. The molecule has 0 atom stereocenters. The van der Waals surface area contributed by atoms with Gasteiger partial charge in [-0.2, -0.15) is 0 Å². The summed E-state index contributed by atoms with van der Waals surface area (Å²) in [5, 5.41) is 15.3. The van der Waals surface area contributed by atoms with E-state index < -0.39 is 0 Å². The first-order valence-electron chi connectivity index (χ1n) is 6.08. The topological polar surface area (TPSA) is 54.7 Å². The summed E-state index contributed by atoms with van der Waals surface area (Å²) in [4.78, 5) is 4.35. The second kappa shape index (κ2) is 6.33. The predicted molar refractivity (Wildman–Crippen MR) is 76.2 cm³/mol. The standard InChI is InChI=1S/C14H16N2O2S/c1-3-13(16-17)12-6-4-5-7-14(12)18-8-11-9-19-10(2)15-11/h4-7,9,17H,3,8H2,1-2H3. The summed E-state index contributed by atoms with van der Waals surface area (Å²) >= 11 is 1.60. The van der Waals surface area contributed by atoms with Crippen LogP contribution in [0.5, 0.6) is 5.75 Å². The molecule has 2 rings (SSSR count). The van der Waals surface area contributed by atoms with Gasteiger partial charge in [-0.05, 0) is 25.5 Å². The Bertz CT molecular complexity index is 578. The number of para-hydroxylation sites is 1. The number of thiazole rings is 1. The first-order valence-corrected chi connectivity index (χ1v) is 6.96. The fourth-order valence-electron chi connectivity index (χ4n) is 1.77.